The van der Waals surface area contributed by atoms with Crippen LogP contribution in [-0.4, -0.2) is 42.3 Å². The molecule has 0 aromatic heterocycles. The van der Waals surface area contributed by atoms with Gasteiger partial charge in [0.05, 0.1) is 27.7 Å². The third-order valence-electron chi connectivity index (χ3n) is 5.08. The van der Waals surface area contributed by atoms with E-state index in [9.17, 15) is 14.4 Å². The van der Waals surface area contributed by atoms with Crippen molar-refractivity contribution < 1.29 is 28.6 Å². The fourth-order valence-corrected chi connectivity index (χ4v) is 5.24. The molecular formula is C26H18Cl2INO6S. The van der Waals surface area contributed by atoms with Gasteiger partial charge in [0.2, 0.25) is 0 Å². The van der Waals surface area contributed by atoms with Crippen LogP contribution < -0.4 is 14.2 Å². The molecule has 2 amide bonds. The first-order valence-corrected chi connectivity index (χ1v) is 13.4. The second-order valence-electron chi connectivity index (χ2n) is 7.57. The van der Waals surface area contributed by atoms with Crippen LogP contribution in [0.3, 0.4) is 0 Å². The molecule has 0 atom stereocenters. The third-order valence-corrected chi connectivity index (χ3v) is 7.27. The first-order valence-electron chi connectivity index (χ1n) is 10.7. The van der Waals surface area contributed by atoms with Crippen LogP contribution in [0, 0.1) is 3.57 Å². The number of hydrogen-bond acceptors (Lipinski definition) is 7. The second-order valence-corrected chi connectivity index (χ2v) is 10.6. The Morgan fingerprint density at radius 1 is 1.05 bits per heavy atom. The molecule has 37 heavy (non-hydrogen) atoms. The summed E-state index contributed by atoms with van der Waals surface area (Å²) in [5, 5.41) is 0.614. The van der Waals surface area contributed by atoms with Crippen LogP contribution in [0.4, 0.5) is 4.79 Å². The number of hydrogen-bond donors (Lipinski definition) is 0. The number of carbonyl (C=O) groups excluding carboxylic acids is 3. The maximum Gasteiger partial charge on any atom is 0.343 e. The third kappa shape index (κ3) is 6.78. The summed E-state index contributed by atoms with van der Waals surface area (Å²) in [6.07, 6.45) is 1.60. The highest BCUT2D eigenvalue weighted by Gasteiger charge is 2.35. The van der Waals surface area contributed by atoms with Crippen molar-refractivity contribution in [3.63, 3.8) is 0 Å². The molecule has 3 aromatic carbocycles. The standard InChI is InChI=1S/C26H18Cl2INO6S/c1-34-21-12-15(11-20(29)23(21)36-25(32)16-3-2-4-18(28)14-16)13-22-24(31)30(26(33)37-22)9-10-35-19-7-5-17(27)6-8-19/h2-8,11-14H,9-10H2,1H3/b22-13-. The number of nitrogens with zero attached hydrogens (tertiary/aromatic N) is 1. The lowest BCUT2D eigenvalue weighted by atomic mass is 10.1. The average molecular weight is 670 g/mol. The van der Waals surface area contributed by atoms with Gasteiger partial charge in [0.1, 0.15) is 12.4 Å². The minimum absolute atomic E-state index is 0.101. The van der Waals surface area contributed by atoms with E-state index in [1.807, 2.05) is 22.6 Å². The fraction of sp³-hybridized carbons (Fsp3) is 0.115. The van der Waals surface area contributed by atoms with Crippen molar-refractivity contribution in [2.75, 3.05) is 20.3 Å². The predicted octanol–water partition coefficient (Wildman–Crippen LogP) is 6.94. The van der Waals surface area contributed by atoms with Crippen LogP contribution in [0.2, 0.25) is 10.0 Å². The van der Waals surface area contributed by atoms with Gasteiger partial charge < -0.3 is 14.2 Å². The molecule has 1 aliphatic heterocycles. The zero-order valence-electron chi connectivity index (χ0n) is 19.2. The van der Waals surface area contributed by atoms with Gasteiger partial charge in [-0.1, -0.05) is 29.3 Å². The Balaban J connectivity index is 1.46. The summed E-state index contributed by atoms with van der Waals surface area (Å²) in [7, 11) is 1.44. The number of amides is 2. The van der Waals surface area contributed by atoms with Crippen molar-refractivity contribution in [3.8, 4) is 17.2 Å². The number of halogens is 3. The van der Waals surface area contributed by atoms with E-state index >= 15 is 0 Å². The smallest absolute Gasteiger partial charge is 0.343 e. The van der Waals surface area contributed by atoms with Crippen LogP contribution in [-0.2, 0) is 4.79 Å². The van der Waals surface area contributed by atoms with E-state index in [1.165, 1.54) is 13.2 Å². The van der Waals surface area contributed by atoms with Crippen molar-refractivity contribution in [1.29, 1.82) is 0 Å². The van der Waals surface area contributed by atoms with Gasteiger partial charge in [0, 0.05) is 10.0 Å². The Morgan fingerprint density at radius 2 is 1.81 bits per heavy atom. The summed E-state index contributed by atoms with van der Waals surface area (Å²) in [4.78, 5) is 39.3. The minimum Gasteiger partial charge on any atom is -0.493 e. The van der Waals surface area contributed by atoms with Crippen LogP contribution in [0.5, 0.6) is 17.2 Å². The van der Waals surface area contributed by atoms with Crippen molar-refractivity contribution in [2.24, 2.45) is 0 Å². The number of methoxy groups -OCH3 is 1. The van der Waals surface area contributed by atoms with E-state index in [1.54, 1.807) is 60.7 Å². The summed E-state index contributed by atoms with van der Waals surface area (Å²) in [5.41, 5.74) is 0.898. The predicted molar refractivity (Wildman–Crippen MR) is 152 cm³/mol. The van der Waals surface area contributed by atoms with Gasteiger partial charge >= 0.3 is 5.97 Å². The molecule has 0 aliphatic carbocycles. The van der Waals surface area contributed by atoms with E-state index in [0.717, 1.165) is 16.7 Å². The van der Waals surface area contributed by atoms with Gasteiger partial charge in [-0.05, 0) is 101 Å². The number of imide groups is 1. The summed E-state index contributed by atoms with van der Waals surface area (Å²) in [5.74, 6) is 0.111. The summed E-state index contributed by atoms with van der Waals surface area (Å²) >= 11 is 14.7. The Bertz CT molecular complexity index is 1400. The maximum absolute atomic E-state index is 12.9. The average Bonchev–Trinajstić information content (AvgIpc) is 3.13. The largest absolute Gasteiger partial charge is 0.493 e. The van der Waals surface area contributed by atoms with Crippen LogP contribution >= 0.6 is 57.6 Å². The van der Waals surface area contributed by atoms with Gasteiger partial charge in [0.15, 0.2) is 11.5 Å². The number of thioether (sulfide) groups is 1. The SMILES string of the molecule is COc1cc(/C=C2\SC(=O)N(CCOc3ccc(Cl)cc3)C2=O)cc(I)c1OC(=O)c1cccc(Cl)c1. The zero-order valence-corrected chi connectivity index (χ0v) is 23.7. The van der Waals surface area contributed by atoms with Crippen LogP contribution in [0.25, 0.3) is 6.08 Å². The summed E-state index contributed by atoms with van der Waals surface area (Å²) < 4.78 is 17.2. The van der Waals surface area contributed by atoms with Crippen LogP contribution in [0.15, 0.2) is 65.6 Å². The Kier molecular flexibility index (Phi) is 9.01. The number of carbonyl (C=O) groups is 3. The van der Waals surface area contributed by atoms with E-state index in [2.05, 4.69) is 0 Å². The highest BCUT2D eigenvalue weighted by molar-refractivity contribution is 14.1. The minimum atomic E-state index is -0.589. The number of benzene rings is 3. The highest BCUT2D eigenvalue weighted by atomic mass is 127. The van der Waals surface area contributed by atoms with E-state index in [-0.39, 0.29) is 29.0 Å². The molecular weight excluding hydrogens is 652 g/mol. The lowest BCUT2D eigenvalue weighted by Gasteiger charge is -2.13. The molecule has 1 fully saturated rings. The van der Waals surface area contributed by atoms with Crippen LogP contribution in [0.1, 0.15) is 15.9 Å². The molecule has 0 N–H and O–H groups in total. The molecule has 11 heteroatoms. The van der Waals surface area contributed by atoms with Gasteiger partial charge in [-0.3, -0.25) is 14.5 Å². The van der Waals surface area contributed by atoms with Crippen molar-refractivity contribution >= 4 is 80.7 Å². The molecule has 3 aromatic rings. The van der Waals surface area contributed by atoms with Gasteiger partial charge in [-0.25, -0.2) is 4.79 Å². The Morgan fingerprint density at radius 3 is 2.51 bits per heavy atom. The molecule has 0 bridgehead atoms. The highest BCUT2D eigenvalue weighted by Crippen LogP contribution is 2.37. The molecule has 190 valence electrons. The van der Waals surface area contributed by atoms with Crippen molar-refractivity contribution in [2.45, 2.75) is 0 Å². The topological polar surface area (TPSA) is 82.1 Å². The zero-order chi connectivity index (χ0) is 26.5. The number of esters is 1. The molecule has 1 saturated heterocycles. The lowest BCUT2D eigenvalue weighted by molar-refractivity contribution is -0.123. The quantitative estimate of drug-likeness (QED) is 0.111. The molecule has 1 heterocycles. The van der Waals surface area contributed by atoms with Gasteiger partial charge in [-0.15, -0.1) is 0 Å². The second kappa shape index (κ2) is 12.2. The Labute approximate surface area is 240 Å². The monoisotopic (exact) mass is 669 g/mol. The molecule has 1 aliphatic rings. The van der Waals surface area contributed by atoms with Gasteiger partial charge in [-0.2, -0.15) is 0 Å². The molecule has 0 radical (unpaired) electrons. The Hall–Kier alpha value is -2.73. The molecule has 0 spiro atoms. The molecule has 7 nitrogen and oxygen atoms in total. The van der Waals surface area contributed by atoms with E-state index < -0.39 is 11.9 Å². The van der Waals surface area contributed by atoms with E-state index in [4.69, 9.17) is 37.4 Å². The fourth-order valence-electron chi connectivity index (χ4n) is 3.32. The van der Waals surface area contributed by atoms with Crippen molar-refractivity contribution in [1.82, 2.24) is 4.90 Å². The molecule has 0 unspecified atom stereocenters. The molecule has 4 rings (SSSR count). The van der Waals surface area contributed by atoms with Crippen molar-refractivity contribution in [3.05, 3.63) is 90.3 Å². The first kappa shape index (κ1) is 27.3. The number of rotatable bonds is 8. The van der Waals surface area contributed by atoms with E-state index in [0.29, 0.717) is 36.2 Å². The number of ether oxygens (including phenoxy) is 3. The molecule has 0 saturated carbocycles. The van der Waals surface area contributed by atoms with Gasteiger partial charge in [0.25, 0.3) is 11.1 Å². The normalized spacial score (nSPS) is 14.3. The summed E-state index contributed by atoms with van der Waals surface area (Å²) in [6.45, 7) is 0.245. The first-order chi connectivity index (χ1) is 17.7. The summed E-state index contributed by atoms with van der Waals surface area (Å²) in [6, 6.07) is 16.6. The lowest BCUT2D eigenvalue weighted by Crippen LogP contribution is -2.32. The maximum atomic E-state index is 12.9.